The van der Waals surface area contributed by atoms with Crippen LogP contribution in [0.4, 0.5) is 0 Å². The maximum absolute atomic E-state index is 13.9. The van der Waals surface area contributed by atoms with Crippen LogP contribution in [0.15, 0.2) is 46.1 Å². The Morgan fingerprint density at radius 2 is 1.80 bits per heavy atom. The highest BCUT2D eigenvalue weighted by Gasteiger charge is 2.56. The van der Waals surface area contributed by atoms with Crippen LogP contribution in [-0.4, -0.2) is 62.6 Å². The molecule has 3 aliphatic heterocycles. The highest BCUT2D eigenvalue weighted by atomic mass is 16.5. The minimum atomic E-state index is -1.56. The van der Waals surface area contributed by atoms with E-state index in [0.29, 0.717) is 51.1 Å². The van der Waals surface area contributed by atoms with Gasteiger partial charge in [-0.25, -0.2) is 0 Å². The number of rotatable bonds is 8. The number of hydrogen-bond donors (Lipinski definition) is 3. The van der Waals surface area contributed by atoms with Crippen LogP contribution in [0.2, 0.25) is 0 Å². The number of Topliss-reactive ketones (excluding diaryl/α,β-unsaturated/α-hetero) is 2. The fraction of sp³-hybridized carbons (Fsp3) is 0.457. The van der Waals surface area contributed by atoms with Crippen LogP contribution >= 0.6 is 0 Å². The first-order valence-corrected chi connectivity index (χ1v) is 15.9. The fourth-order valence-electron chi connectivity index (χ4n) is 7.56. The van der Waals surface area contributed by atoms with E-state index in [1.807, 2.05) is 15.5 Å². The molecule has 1 fully saturated rings. The summed E-state index contributed by atoms with van der Waals surface area (Å²) in [5, 5.41) is 24.7. The standard InChI is InChI=1S/C35H39N3O8/c1-18-31(43)29(20(3)39)33-30(32(18)44)35(4)25(46-33)14-24(40)28(34(35)45)19(2)36-12-7-5-6-10-26(41)37-15-21-13-22(17-37)23-9-8-11-27(42)38(23)16-21/h8-9,11,14,21-22,36,43-44H,5-7,10,12-13,15-17H2,1-4H3/t21?,22?,35-/m0/s1. The summed E-state index contributed by atoms with van der Waals surface area (Å²) in [4.78, 5) is 66.7. The number of carbonyl (C=O) groups excluding carboxylic acids is 4. The number of likely N-dealkylation sites (tertiary alicyclic amines) is 1. The molecule has 2 bridgehead atoms. The van der Waals surface area contributed by atoms with Crippen molar-refractivity contribution in [1.29, 1.82) is 0 Å². The van der Waals surface area contributed by atoms with Crippen LogP contribution in [0.1, 0.15) is 86.0 Å². The topological polar surface area (TPSA) is 155 Å². The molecular weight excluding hydrogens is 590 g/mol. The number of hydrogen-bond acceptors (Lipinski definition) is 9. The molecule has 3 atom stereocenters. The molecule has 242 valence electrons. The number of allylic oxidation sites excluding steroid dienone is 4. The van der Waals surface area contributed by atoms with Gasteiger partial charge in [0.1, 0.15) is 34.0 Å². The van der Waals surface area contributed by atoms with Crippen LogP contribution in [0, 0.1) is 12.8 Å². The van der Waals surface area contributed by atoms with Crippen molar-refractivity contribution in [3.63, 3.8) is 0 Å². The van der Waals surface area contributed by atoms with Crippen LogP contribution in [0.25, 0.3) is 0 Å². The minimum absolute atomic E-state index is 0.00281. The van der Waals surface area contributed by atoms with Crippen molar-refractivity contribution in [3.8, 4) is 17.2 Å². The summed E-state index contributed by atoms with van der Waals surface area (Å²) < 4.78 is 7.67. The lowest BCUT2D eigenvalue weighted by Crippen LogP contribution is -2.49. The van der Waals surface area contributed by atoms with Gasteiger partial charge in [0.2, 0.25) is 5.91 Å². The second kappa shape index (κ2) is 11.6. The first kappa shape index (κ1) is 31.3. The number of pyridine rings is 1. The van der Waals surface area contributed by atoms with E-state index in [-0.39, 0.29) is 62.8 Å². The van der Waals surface area contributed by atoms with Crippen molar-refractivity contribution in [2.75, 3.05) is 19.6 Å². The Kier molecular flexibility index (Phi) is 7.90. The van der Waals surface area contributed by atoms with Crippen molar-refractivity contribution in [1.82, 2.24) is 14.8 Å². The van der Waals surface area contributed by atoms with Gasteiger partial charge in [-0.1, -0.05) is 12.5 Å². The van der Waals surface area contributed by atoms with Crippen LogP contribution in [-0.2, 0) is 26.3 Å². The van der Waals surface area contributed by atoms with E-state index in [1.165, 1.54) is 26.8 Å². The molecule has 2 unspecified atom stereocenters. The highest BCUT2D eigenvalue weighted by Crippen LogP contribution is 2.57. The normalized spacial score (nSPS) is 24.0. The number of phenols is 2. The van der Waals surface area contributed by atoms with E-state index in [9.17, 15) is 34.2 Å². The molecule has 2 aromatic rings. The van der Waals surface area contributed by atoms with Gasteiger partial charge in [0.15, 0.2) is 17.3 Å². The Morgan fingerprint density at radius 3 is 2.54 bits per heavy atom. The molecule has 3 N–H and O–H groups in total. The third-order valence-electron chi connectivity index (χ3n) is 10.0. The Labute approximate surface area is 266 Å². The number of aromatic nitrogens is 1. The Morgan fingerprint density at radius 1 is 1.04 bits per heavy atom. The lowest BCUT2D eigenvalue weighted by atomic mass is 9.70. The summed E-state index contributed by atoms with van der Waals surface area (Å²) in [5.41, 5.74) is -0.235. The third-order valence-corrected chi connectivity index (χ3v) is 10.0. The van der Waals surface area contributed by atoms with Gasteiger partial charge >= 0.3 is 0 Å². The van der Waals surface area contributed by atoms with Crippen molar-refractivity contribution in [3.05, 3.63) is 74.0 Å². The number of aromatic hydroxyl groups is 2. The Balaban J connectivity index is 1.06. The van der Waals surface area contributed by atoms with Gasteiger partial charge in [-0.3, -0.25) is 24.0 Å². The van der Waals surface area contributed by atoms with E-state index in [4.69, 9.17) is 4.74 Å². The Hall–Kier alpha value is -4.67. The lowest BCUT2D eigenvalue weighted by Gasteiger charge is -2.42. The summed E-state index contributed by atoms with van der Waals surface area (Å²) >= 11 is 0. The van der Waals surface area contributed by atoms with Crippen molar-refractivity contribution in [2.45, 2.75) is 77.7 Å². The average Bonchev–Trinajstić information content (AvgIpc) is 3.30. The zero-order valence-electron chi connectivity index (χ0n) is 26.6. The van der Waals surface area contributed by atoms with Gasteiger partial charge in [0, 0.05) is 67.6 Å². The fourth-order valence-corrected chi connectivity index (χ4v) is 7.56. The zero-order chi connectivity index (χ0) is 33.1. The molecule has 6 rings (SSSR count). The highest BCUT2D eigenvalue weighted by molar-refractivity contribution is 6.31. The molecule has 1 saturated heterocycles. The molecule has 1 aromatic carbocycles. The van der Waals surface area contributed by atoms with Gasteiger partial charge in [0.05, 0.1) is 11.1 Å². The molecule has 11 nitrogen and oxygen atoms in total. The number of ether oxygens (including phenoxy) is 1. The van der Waals surface area contributed by atoms with E-state index in [0.717, 1.165) is 18.5 Å². The number of fused-ring (bicyclic) bond motifs is 7. The van der Waals surface area contributed by atoms with Crippen molar-refractivity contribution < 1.29 is 34.1 Å². The number of unbranched alkanes of at least 4 members (excludes halogenated alkanes) is 2. The maximum Gasteiger partial charge on any atom is 0.250 e. The monoisotopic (exact) mass is 629 g/mol. The number of nitrogens with zero attached hydrogens (tertiary/aromatic N) is 2. The molecule has 4 aliphatic rings. The molecule has 1 aliphatic carbocycles. The molecule has 46 heavy (non-hydrogen) atoms. The summed E-state index contributed by atoms with van der Waals surface area (Å²) in [6, 6.07) is 5.37. The lowest BCUT2D eigenvalue weighted by molar-refractivity contribution is -0.134. The maximum atomic E-state index is 13.9. The van der Waals surface area contributed by atoms with Gasteiger partial charge in [0.25, 0.3) is 5.56 Å². The van der Waals surface area contributed by atoms with Crippen LogP contribution in [0.3, 0.4) is 0 Å². The van der Waals surface area contributed by atoms with Crippen LogP contribution in [0.5, 0.6) is 17.2 Å². The largest absolute Gasteiger partial charge is 0.507 e. The van der Waals surface area contributed by atoms with Crippen molar-refractivity contribution in [2.24, 2.45) is 5.92 Å². The molecule has 0 spiro atoms. The molecule has 0 radical (unpaired) electrons. The molecule has 0 saturated carbocycles. The van der Waals surface area contributed by atoms with Gasteiger partial charge in [-0.15, -0.1) is 0 Å². The number of benzene rings is 1. The molecular formula is C35H39N3O8. The molecule has 11 heteroatoms. The summed E-state index contributed by atoms with van der Waals surface area (Å²) in [6.45, 7) is 8.32. The second-order valence-corrected chi connectivity index (χ2v) is 13.1. The summed E-state index contributed by atoms with van der Waals surface area (Å²) in [6.07, 6.45) is 4.83. The summed E-state index contributed by atoms with van der Waals surface area (Å²) in [5.74, 6) is -1.94. The van der Waals surface area contributed by atoms with Gasteiger partial charge < -0.3 is 29.7 Å². The SMILES string of the molecule is CC(=O)c1c(O)c(C)c(O)c2c1OC1=CC(=O)C(=C(C)NCCCCCC(=O)N3CC4CC(C3)c3cccc(=O)n3C4)C(=O)[C@@]12C. The van der Waals surface area contributed by atoms with E-state index >= 15 is 0 Å². The molecule has 1 amide bonds. The predicted octanol–water partition coefficient (Wildman–Crippen LogP) is 3.53. The zero-order valence-corrected chi connectivity index (χ0v) is 26.6. The van der Waals surface area contributed by atoms with Crippen LogP contribution < -0.4 is 15.6 Å². The number of ketones is 3. The van der Waals surface area contributed by atoms with E-state index in [1.54, 1.807) is 19.1 Å². The third kappa shape index (κ3) is 4.92. The number of nitrogens with one attached hydrogen (secondary N) is 1. The molecule has 4 heterocycles. The minimum Gasteiger partial charge on any atom is -0.507 e. The quantitative estimate of drug-likeness (QED) is 0.172. The van der Waals surface area contributed by atoms with Crippen molar-refractivity contribution >= 4 is 23.3 Å². The first-order valence-electron chi connectivity index (χ1n) is 15.9. The number of piperidine rings is 1. The number of carbonyl (C=O) groups is 4. The van der Waals surface area contributed by atoms with Gasteiger partial charge in [-0.05, 0) is 58.9 Å². The number of amides is 1. The van der Waals surface area contributed by atoms with E-state index in [2.05, 4.69) is 5.32 Å². The molecule has 1 aromatic heterocycles. The van der Waals surface area contributed by atoms with E-state index < -0.39 is 28.5 Å². The smallest absolute Gasteiger partial charge is 0.250 e. The average molecular weight is 630 g/mol. The Bertz CT molecular complexity index is 1820. The number of phenolic OH excluding ortho intramolecular Hbond substituents is 2. The second-order valence-electron chi connectivity index (χ2n) is 13.1. The van der Waals surface area contributed by atoms with Gasteiger partial charge in [-0.2, -0.15) is 0 Å². The summed E-state index contributed by atoms with van der Waals surface area (Å²) in [7, 11) is 0. The predicted molar refractivity (Wildman–Crippen MR) is 168 cm³/mol. The first-order chi connectivity index (χ1) is 21.8.